The lowest BCUT2D eigenvalue weighted by Crippen LogP contribution is -2.49. The largest absolute Gasteiger partial charge is 0.496 e. The number of carbonyl (C=O) groups is 1. The average Bonchev–Trinajstić information content (AvgIpc) is 2.28. The Morgan fingerprint density at radius 1 is 1.47 bits per heavy atom. The fraction of sp³-hybridized carbons (Fsp3) is 0.462. The summed E-state index contributed by atoms with van der Waals surface area (Å²) in [4.78, 5) is 11.9. The van der Waals surface area contributed by atoms with Gasteiger partial charge in [-0.1, -0.05) is 15.9 Å². The number of halogens is 2. The highest BCUT2D eigenvalue weighted by Crippen LogP contribution is 2.23. The van der Waals surface area contributed by atoms with Crippen molar-refractivity contribution in [3.8, 4) is 5.75 Å². The highest BCUT2D eigenvalue weighted by molar-refractivity contribution is 9.10. The molecular weight excluding hydrogens is 332 g/mol. The molecule has 0 aliphatic carbocycles. The Labute approximate surface area is 128 Å². The van der Waals surface area contributed by atoms with Gasteiger partial charge in [-0.05, 0) is 32.0 Å². The van der Waals surface area contributed by atoms with Gasteiger partial charge in [-0.3, -0.25) is 4.79 Å². The number of benzene rings is 1. The third-order valence-electron chi connectivity index (χ3n) is 2.58. The molecule has 0 aliphatic rings. The monoisotopic (exact) mass is 350 g/mol. The molecule has 0 saturated heterocycles. The van der Waals surface area contributed by atoms with E-state index in [1.807, 2.05) is 32.0 Å². The van der Waals surface area contributed by atoms with Crippen molar-refractivity contribution >= 4 is 34.2 Å². The van der Waals surface area contributed by atoms with E-state index in [1.165, 1.54) is 0 Å². The van der Waals surface area contributed by atoms with Crippen molar-refractivity contribution < 1.29 is 9.53 Å². The molecule has 19 heavy (non-hydrogen) atoms. The zero-order chi connectivity index (χ0) is 13.8. The van der Waals surface area contributed by atoms with Gasteiger partial charge in [-0.15, -0.1) is 12.4 Å². The molecule has 3 N–H and O–H groups in total. The van der Waals surface area contributed by atoms with Gasteiger partial charge < -0.3 is 15.8 Å². The minimum absolute atomic E-state index is 0. The summed E-state index contributed by atoms with van der Waals surface area (Å²) in [5, 5.41) is 2.89. The summed E-state index contributed by atoms with van der Waals surface area (Å²) in [5.74, 6) is 0.640. The zero-order valence-electron chi connectivity index (χ0n) is 11.3. The normalized spacial score (nSPS) is 10.6. The van der Waals surface area contributed by atoms with Crippen LogP contribution in [0.1, 0.15) is 19.4 Å². The van der Waals surface area contributed by atoms with Gasteiger partial charge in [0.05, 0.1) is 13.5 Å². The van der Waals surface area contributed by atoms with E-state index in [0.717, 1.165) is 10.0 Å². The van der Waals surface area contributed by atoms with E-state index in [2.05, 4.69) is 21.2 Å². The van der Waals surface area contributed by atoms with Gasteiger partial charge in [0.15, 0.2) is 0 Å². The predicted molar refractivity (Wildman–Crippen MR) is 82.9 cm³/mol. The molecule has 0 bridgehead atoms. The van der Waals surface area contributed by atoms with Crippen LogP contribution in [-0.2, 0) is 11.2 Å². The summed E-state index contributed by atoms with van der Waals surface area (Å²) in [6, 6.07) is 5.60. The maximum atomic E-state index is 11.9. The van der Waals surface area contributed by atoms with Gasteiger partial charge in [0.1, 0.15) is 5.75 Å². The Kier molecular flexibility index (Phi) is 7.41. The first-order valence-electron chi connectivity index (χ1n) is 5.71. The van der Waals surface area contributed by atoms with Crippen LogP contribution in [0.15, 0.2) is 22.7 Å². The molecular formula is C13H20BrClN2O2. The number of nitrogens with two attached hydrogens (primary N) is 1. The van der Waals surface area contributed by atoms with Crippen LogP contribution < -0.4 is 15.8 Å². The topological polar surface area (TPSA) is 64.3 Å². The lowest BCUT2D eigenvalue weighted by atomic mass is 10.0. The van der Waals surface area contributed by atoms with Crippen LogP contribution in [0.3, 0.4) is 0 Å². The van der Waals surface area contributed by atoms with Crippen molar-refractivity contribution in [2.45, 2.75) is 25.8 Å². The second-order valence-electron chi connectivity index (χ2n) is 4.77. The van der Waals surface area contributed by atoms with Crippen LogP contribution in [0, 0.1) is 0 Å². The van der Waals surface area contributed by atoms with Crippen LogP contribution in [0.5, 0.6) is 5.75 Å². The van der Waals surface area contributed by atoms with Crippen molar-refractivity contribution in [2.24, 2.45) is 5.73 Å². The average molecular weight is 352 g/mol. The third kappa shape index (κ3) is 5.80. The fourth-order valence-electron chi connectivity index (χ4n) is 1.53. The smallest absolute Gasteiger partial charge is 0.225 e. The Morgan fingerprint density at radius 3 is 2.63 bits per heavy atom. The van der Waals surface area contributed by atoms with E-state index in [-0.39, 0.29) is 24.7 Å². The van der Waals surface area contributed by atoms with E-state index in [4.69, 9.17) is 10.5 Å². The number of rotatable bonds is 5. The molecule has 1 aromatic carbocycles. The highest BCUT2D eigenvalue weighted by atomic mass is 79.9. The molecule has 0 atom stereocenters. The van der Waals surface area contributed by atoms with Crippen LogP contribution in [0.25, 0.3) is 0 Å². The highest BCUT2D eigenvalue weighted by Gasteiger charge is 2.19. The van der Waals surface area contributed by atoms with Crippen molar-refractivity contribution in [1.29, 1.82) is 0 Å². The van der Waals surface area contributed by atoms with Crippen LogP contribution in [0.4, 0.5) is 0 Å². The fourth-order valence-corrected chi connectivity index (χ4v) is 1.94. The number of carbonyl (C=O) groups excluding carboxylic acids is 1. The van der Waals surface area contributed by atoms with E-state index in [1.54, 1.807) is 7.11 Å². The SMILES string of the molecule is COc1ccc(Br)cc1CC(=O)NC(C)(C)CN.Cl. The second-order valence-corrected chi connectivity index (χ2v) is 5.68. The van der Waals surface area contributed by atoms with Gasteiger partial charge in [0.25, 0.3) is 0 Å². The molecule has 0 fully saturated rings. The van der Waals surface area contributed by atoms with E-state index in [9.17, 15) is 4.79 Å². The summed E-state index contributed by atoms with van der Waals surface area (Å²) in [6.45, 7) is 4.18. The van der Waals surface area contributed by atoms with Crippen molar-refractivity contribution in [1.82, 2.24) is 5.32 Å². The molecule has 0 heterocycles. The molecule has 1 rings (SSSR count). The van der Waals surface area contributed by atoms with Crippen molar-refractivity contribution in [2.75, 3.05) is 13.7 Å². The van der Waals surface area contributed by atoms with E-state index in [0.29, 0.717) is 12.3 Å². The molecule has 0 aromatic heterocycles. The Bertz CT molecular complexity index is 439. The van der Waals surface area contributed by atoms with Crippen molar-refractivity contribution in [3.05, 3.63) is 28.2 Å². The lowest BCUT2D eigenvalue weighted by Gasteiger charge is -2.24. The summed E-state index contributed by atoms with van der Waals surface area (Å²) in [6.07, 6.45) is 0.270. The predicted octanol–water partition coefficient (Wildman–Crippen LogP) is 2.28. The summed E-state index contributed by atoms with van der Waals surface area (Å²) in [7, 11) is 1.59. The molecule has 1 aromatic rings. The maximum absolute atomic E-state index is 11.9. The molecule has 1 amide bonds. The number of hydrogen-bond donors (Lipinski definition) is 2. The first-order chi connectivity index (χ1) is 8.38. The summed E-state index contributed by atoms with van der Waals surface area (Å²) in [5.41, 5.74) is 6.03. The molecule has 0 saturated carbocycles. The van der Waals surface area contributed by atoms with E-state index >= 15 is 0 Å². The Hall–Kier alpha value is -0.780. The number of methoxy groups -OCH3 is 1. The molecule has 4 nitrogen and oxygen atoms in total. The second kappa shape index (κ2) is 7.72. The van der Waals surface area contributed by atoms with Crippen LogP contribution in [0.2, 0.25) is 0 Å². The molecule has 108 valence electrons. The van der Waals surface area contributed by atoms with E-state index < -0.39 is 5.54 Å². The van der Waals surface area contributed by atoms with Gasteiger partial charge in [0, 0.05) is 22.1 Å². The number of hydrogen-bond acceptors (Lipinski definition) is 3. The van der Waals surface area contributed by atoms with Crippen molar-refractivity contribution in [3.63, 3.8) is 0 Å². The number of ether oxygens (including phenoxy) is 1. The molecule has 6 heteroatoms. The molecule has 0 radical (unpaired) electrons. The van der Waals surface area contributed by atoms with Crippen LogP contribution in [-0.4, -0.2) is 25.1 Å². The van der Waals surface area contributed by atoms with Gasteiger partial charge in [-0.2, -0.15) is 0 Å². The number of nitrogens with one attached hydrogen (secondary N) is 1. The standard InChI is InChI=1S/C13H19BrN2O2.ClH/c1-13(2,8-15)16-12(17)7-9-6-10(14)4-5-11(9)18-3;/h4-6H,7-8,15H2,1-3H3,(H,16,17);1H. The van der Waals surface area contributed by atoms with Gasteiger partial charge in [0.2, 0.25) is 5.91 Å². The minimum Gasteiger partial charge on any atom is -0.496 e. The first-order valence-corrected chi connectivity index (χ1v) is 6.51. The Balaban J connectivity index is 0.00000324. The molecule has 0 spiro atoms. The minimum atomic E-state index is -0.393. The molecule has 0 unspecified atom stereocenters. The summed E-state index contributed by atoms with van der Waals surface area (Å²) < 4.78 is 6.15. The van der Waals surface area contributed by atoms with Gasteiger partial charge >= 0.3 is 0 Å². The quantitative estimate of drug-likeness (QED) is 0.855. The molecule has 0 aliphatic heterocycles. The Morgan fingerprint density at radius 2 is 2.11 bits per heavy atom. The maximum Gasteiger partial charge on any atom is 0.225 e. The van der Waals surface area contributed by atoms with Gasteiger partial charge in [-0.25, -0.2) is 0 Å². The summed E-state index contributed by atoms with van der Waals surface area (Å²) >= 11 is 3.38. The zero-order valence-corrected chi connectivity index (χ0v) is 13.7. The number of amides is 1. The first kappa shape index (κ1) is 18.2. The lowest BCUT2D eigenvalue weighted by molar-refractivity contribution is -0.121. The third-order valence-corrected chi connectivity index (χ3v) is 3.07. The van der Waals surface area contributed by atoms with Crippen LogP contribution >= 0.6 is 28.3 Å².